The van der Waals surface area contributed by atoms with Crippen LogP contribution in [0.15, 0.2) is 48.8 Å². The van der Waals surface area contributed by atoms with E-state index in [9.17, 15) is 4.32 Å². The third-order valence-electron chi connectivity index (χ3n) is 6.12. The molecule has 0 aliphatic rings. The molecule has 0 spiro atoms. The van der Waals surface area contributed by atoms with Gasteiger partial charge in [0.05, 0.1) is 5.72 Å². The summed E-state index contributed by atoms with van der Waals surface area (Å²) in [6, 6.07) is 12.9. The van der Waals surface area contributed by atoms with Gasteiger partial charge < -0.3 is 4.32 Å². The first kappa shape index (κ1) is 23.3. The molecule has 0 saturated carbocycles. The lowest BCUT2D eigenvalue weighted by atomic mass is 9.90. The van der Waals surface area contributed by atoms with Crippen LogP contribution >= 0.6 is 0 Å². The molecule has 164 valence electrons. The molecule has 31 heavy (non-hydrogen) atoms. The Hall–Kier alpha value is -2.36. The van der Waals surface area contributed by atoms with Gasteiger partial charge in [0.1, 0.15) is 23.8 Å². The van der Waals surface area contributed by atoms with E-state index in [4.69, 9.17) is 0 Å². The van der Waals surface area contributed by atoms with Gasteiger partial charge in [0.25, 0.3) is 0 Å². The number of hydrogen-bond acceptors (Lipinski definition) is 0. The van der Waals surface area contributed by atoms with Gasteiger partial charge in [-0.25, -0.2) is 9.13 Å². The van der Waals surface area contributed by atoms with Gasteiger partial charge in [-0.1, -0.05) is 91.8 Å². The van der Waals surface area contributed by atoms with Crippen LogP contribution in [-0.2, 0) is 0 Å². The Labute approximate surface area is 188 Å². The number of halogens is 1. The third-order valence-corrected chi connectivity index (χ3v) is 6.12. The number of benzene rings is 2. The summed E-state index contributed by atoms with van der Waals surface area (Å²) in [5, 5.41) is 0. The van der Waals surface area contributed by atoms with Crippen LogP contribution < -0.4 is 10.3 Å². The Kier molecular flexibility index (Phi) is 7.08. The van der Waals surface area contributed by atoms with Crippen molar-refractivity contribution in [2.24, 2.45) is 0 Å². The van der Waals surface area contributed by atoms with Gasteiger partial charge in [0, 0.05) is 29.8 Å². The van der Waals surface area contributed by atoms with Crippen molar-refractivity contribution in [1.29, 1.82) is 0 Å². The first-order valence-electron chi connectivity index (χ1n) is 11.5. The van der Waals surface area contributed by atoms with Crippen molar-refractivity contribution in [2.45, 2.75) is 79.1 Å². The van der Waals surface area contributed by atoms with Crippen molar-refractivity contribution < 1.29 is 8.88 Å². The van der Waals surface area contributed by atoms with Gasteiger partial charge in [0.15, 0.2) is 0 Å². The number of hydrogen-bond donors (Lipinski definition) is 0. The van der Waals surface area contributed by atoms with E-state index in [2.05, 4.69) is 91.8 Å². The molecule has 3 aromatic rings. The zero-order valence-electron chi connectivity index (χ0n) is 20.3. The van der Waals surface area contributed by atoms with E-state index < -0.39 is 0 Å². The maximum atomic E-state index is 14.6. The summed E-state index contributed by atoms with van der Waals surface area (Å²) in [5.74, 6) is 1.36. The molecular formula is C27H36BFN2. The molecule has 0 saturated heterocycles. The van der Waals surface area contributed by atoms with Crippen LogP contribution in [0.3, 0.4) is 0 Å². The summed E-state index contributed by atoms with van der Waals surface area (Å²) < 4.78 is 18.7. The maximum Gasteiger partial charge on any atom is 0.135 e. The second-order valence-corrected chi connectivity index (χ2v) is 9.69. The summed E-state index contributed by atoms with van der Waals surface area (Å²) in [6.45, 7) is 17.6. The molecule has 0 unspecified atom stereocenters. The fraction of sp³-hybridized carbons (Fsp3) is 0.444. The van der Waals surface area contributed by atoms with E-state index in [-0.39, 0.29) is 0 Å². The molecule has 4 heteroatoms. The van der Waals surface area contributed by atoms with Gasteiger partial charge in [-0.3, -0.25) is 0 Å². The molecule has 3 rings (SSSR count). The number of para-hydroxylation sites is 2. The van der Waals surface area contributed by atoms with Crippen LogP contribution in [0, 0.1) is 0 Å². The second kappa shape index (κ2) is 9.42. The molecule has 0 atom stereocenters. The first-order valence-corrected chi connectivity index (χ1v) is 11.5. The van der Waals surface area contributed by atoms with Gasteiger partial charge in [-0.05, 0) is 23.7 Å². The molecule has 1 aromatic heterocycles. The molecule has 1 heterocycles. The predicted molar refractivity (Wildman–Crippen MR) is 130 cm³/mol. The fourth-order valence-corrected chi connectivity index (χ4v) is 4.47. The van der Waals surface area contributed by atoms with Crippen LogP contribution in [0.4, 0.5) is 4.32 Å². The standard InChI is InChI=1S/C27H36BFN2/c1-17(2)21-11-9-12-22(18(3)4)25(21)30-15-16-31(27(30)28-29)26-23(19(5)6)13-10-14-24(26)20(7)8/h9-20H,1-8H3. The van der Waals surface area contributed by atoms with Crippen molar-refractivity contribution >= 4 is 13.3 Å². The smallest absolute Gasteiger partial charge is 0.135 e. The quantitative estimate of drug-likeness (QED) is 0.308. The largest absolute Gasteiger partial charge is 0.583 e. The Bertz CT molecular complexity index is 914. The van der Waals surface area contributed by atoms with Crippen LogP contribution in [0.5, 0.6) is 0 Å². The molecule has 2 aromatic carbocycles. The van der Waals surface area contributed by atoms with E-state index in [0.717, 1.165) is 18.9 Å². The lowest BCUT2D eigenvalue weighted by Gasteiger charge is -2.22. The average molecular weight is 418 g/mol. The minimum atomic E-state index is 0.339. The lowest BCUT2D eigenvalue weighted by molar-refractivity contribution is -0.577. The average Bonchev–Trinajstić information content (AvgIpc) is 3.15. The molecule has 0 amide bonds. The first-order chi connectivity index (χ1) is 14.7. The highest BCUT2D eigenvalue weighted by atomic mass is 19.1. The minimum absolute atomic E-state index is 0.339. The van der Waals surface area contributed by atoms with E-state index in [0.29, 0.717) is 29.4 Å². The van der Waals surface area contributed by atoms with E-state index in [1.165, 1.54) is 22.3 Å². The summed E-state index contributed by atoms with van der Waals surface area (Å²) in [7, 11) is 0.752. The summed E-state index contributed by atoms with van der Waals surface area (Å²) in [5.41, 5.74) is 7.68. The monoisotopic (exact) mass is 418 g/mol. The SMILES string of the molecule is CC(C)c1cccc(C(C)C)c1-n1cc[n+](-c2c(C(C)C)cccc2C(C)C)c1[B-]F. The van der Waals surface area contributed by atoms with Crippen LogP contribution in [0.2, 0.25) is 0 Å². The van der Waals surface area contributed by atoms with E-state index in [1.54, 1.807) is 0 Å². The van der Waals surface area contributed by atoms with Gasteiger partial charge in [-0.15, -0.1) is 0 Å². The number of imidazole rings is 1. The topological polar surface area (TPSA) is 8.81 Å². The van der Waals surface area contributed by atoms with Crippen molar-refractivity contribution in [3.05, 3.63) is 71.0 Å². The molecular weight excluding hydrogens is 382 g/mol. The molecule has 0 N–H and O–H groups in total. The lowest BCUT2D eigenvalue weighted by Crippen LogP contribution is -2.51. The van der Waals surface area contributed by atoms with E-state index in [1.807, 2.05) is 21.5 Å². The van der Waals surface area contributed by atoms with Crippen LogP contribution in [0.1, 0.15) is 101 Å². The Morgan fingerprint density at radius 2 is 1.13 bits per heavy atom. The maximum absolute atomic E-state index is 14.6. The van der Waals surface area contributed by atoms with Crippen molar-refractivity contribution in [2.75, 3.05) is 0 Å². The highest BCUT2D eigenvalue weighted by molar-refractivity contribution is 6.43. The highest BCUT2D eigenvalue weighted by Crippen LogP contribution is 2.31. The molecule has 0 aliphatic carbocycles. The predicted octanol–water partition coefficient (Wildman–Crippen LogP) is 6.46. The number of aromatic nitrogens is 2. The van der Waals surface area contributed by atoms with Gasteiger partial charge >= 0.3 is 0 Å². The molecule has 0 bridgehead atoms. The number of nitrogens with zero attached hydrogens (tertiary/aromatic N) is 2. The third kappa shape index (κ3) is 4.35. The summed E-state index contributed by atoms with van der Waals surface area (Å²) in [4.78, 5) is 0. The zero-order valence-corrected chi connectivity index (χ0v) is 20.3. The number of rotatable bonds is 7. The summed E-state index contributed by atoms with van der Waals surface area (Å²) in [6.07, 6.45) is 4.03. The zero-order chi connectivity index (χ0) is 22.9. The van der Waals surface area contributed by atoms with Crippen molar-refractivity contribution in [3.63, 3.8) is 0 Å². The van der Waals surface area contributed by atoms with Gasteiger partial charge in [-0.2, -0.15) is 0 Å². The molecule has 0 aliphatic heterocycles. The Balaban J connectivity index is 2.36. The van der Waals surface area contributed by atoms with Crippen LogP contribution in [0.25, 0.3) is 11.4 Å². The normalized spacial score (nSPS) is 12.0. The Morgan fingerprint density at radius 1 is 0.710 bits per heavy atom. The molecule has 0 fully saturated rings. The molecule has 2 radical (unpaired) electrons. The summed E-state index contributed by atoms with van der Waals surface area (Å²) >= 11 is 0. The van der Waals surface area contributed by atoms with Gasteiger partial charge in [0.2, 0.25) is 0 Å². The Morgan fingerprint density at radius 3 is 1.52 bits per heavy atom. The van der Waals surface area contributed by atoms with Crippen LogP contribution in [-0.4, -0.2) is 12.1 Å². The van der Waals surface area contributed by atoms with Crippen molar-refractivity contribution in [1.82, 2.24) is 4.57 Å². The second-order valence-electron chi connectivity index (χ2n) is 9.69. The van der Waals surface area contributed by atoms with Crippen molar-refractivity contribution in [3.8, 4) is 11.4 Å². The molecule has 2 nitrogen and oxygen atoms in total. The highest BCUT2D eigenvalue weighted by Gasteiger charge is 2.25. The van der Waals surface area contributed by atoms with E-state index >= 15 is 0 Å². The minimum Gasteiger partial charge on any atom is -0.583 e. The fourth-order valence-electron chi connectivity index (χ4n) is 4.47.